The summed E-state index contributed by atoms with van der Waals surface area (Å²) in [6.07, 6.45) is 4.94. The summed E-state index contributed by atoms with van der Waals surface area (Å²) < 4.78 is 43.2. The van der Waals surface area contributed by atoms with E-state index >= 15 is 0 Å². The van der Waals surface area contributed by atoms with Crippen molar-refractivity contribution >= 4 is 22.6 Å². The molecule has 200 valence electrons. The number of pyridine rings is 1. The van der Waals surface area contributed by atoms with Crippen molar-refractivity contribution in [2.45, 2.75) is 12.5 Å². The van der Waals surface area contributed by atoms with Gasteiger partial charge in [0.25, 0.3) is 0 Å². The second-order valence-corrected chi connectivity index (χ2v) is 8.78. The number of amides is 1. The molecule has 39 heavy (non-hydrogen) atoms. The van der Waals surface area contributed by atoms with Crippen LogP contribution in [0.25, 0.3) is 22.3 Å². The van der Waals surface area contributed by atoms with Gasteiger partial charge >= 0.3 is 0 Å². The molecule has 1 aliphatic heterocycles. The first-order chi connectivity index (χ1) is 18.8. The number of ether oxygens (including phenoxy) is 2. The number of nitrogens with zero attached hydrogens (tertiary/aromatic N) is 7. The molecular formula is C26H24F2N8O3. The highest BCUT2D eigenvalue weighted by atomic mass is 19.1. The maximum Gasteiger partial charge on any atom is 0.246 e. The van der Waals surface area contributed by atoms with Crippen LogP contribution in [0, 0.1) is 23.5 Å². The van der Waals surface area contributed by atoms with Gasteiger partial charge in [-0.15, -0.1) is 0 Å². The van der Waals surface area contributed by atoms with Crippen molar-refractivity contribution in [2.75, 3.05) is 33.0 Å². The summed E-state index contributed by atoms with van der Waals surface area (Å²) in [5, 5.41) is 9.46. The fourth-order valence-corrected chi connectivity index (χ4v) is 4.56. The minimum atomic E-state index is -0.981. The maximum absolute atomic E-state index is 15.0. The third-order valence-electron chi connectivity index (χ3n) is 6.47. The molecule has 13 heteroatoms. The van der Waals surface area contributed by atoms with Crippen molar-refractivity contribution in [3.05, 3.63) is 54.1 Å². The third kappa shape index (κ3) is 4.39. The Labute approximate surface area is 221 Å². The molecule has 0 spiro atoms. The van der Waals surface area contributed by atoms with Gasteiger partial charge in [0.05, 0.1) is 36.7 Å². The Balaban J connectivity index is 1.73. The molecule has 1 amide bonds. The van der Waals surface area contributed by atoms with Gasteiger partial charge in [0, 0.05) is 32.4 Å². The number of aryl methyl sites for hydroxylation is 1. The SMILES string of the molecule is C=CC(=O)N1CC[C@H](n2nc(C#Cc3c(F)c(OC)cc(OC)c3F)c3c(N)ncc(-c4ncn(C)n4)c32)C1. The van der Waals surface area contributed by atoms with Crippen molar-refractivity contribution in [3.63, 3.8) is 0 Å². The van der Waals surface area contributed by atoms with Crippen LogP contribution < -0.4 is 15.2 Å². The lowest BCUT2D eigenvalue weighted by Gasteiger charge is -2.16. The van der Waals surface area contributed by atoms with Crippen LogP contribution in [0.3, 0.4) is 0 Å². The Bertz CT molecular complexity index is 1660. The van der Waals surface area contributed by atoms with Crippen LogP contribution in [0.1, 0.15) is 23.7 Å². The van der Waals surface area contributed by atoms with Gasteiger partial charge in [-0.2, -0.15) is 10.2 Å². The van der Waals surface area contributed by atoms with Gasteiger partial charge in [-0.05, 0) is 18.4 Å². The van der Waals surface area contributed by atoms with Gasteiger partial charge in [-0.3, -0.25) is 14.2 Å². The number of rotatable bonds is 5. The normalized spacial score (nSPS) is 14.8. The third-order valence-corrected chi connectivity index (χ3v) is 6.47. The van der Waals surface area contributed by atoms with E-state index in [1.54, 1.807) is 27.6 Å². The molecule has 4 aromatic rings. The molecular weight excluding hydrogens is 510 g/mol. The molecule has 5 rings (SSSR count). The van der Waals surface area contributed by atoms with E-state index in [4.69, 9.17) is 20.3 Å². The van der Waals surface area contributed by atoms with Crippen molar-refractivity contribution in [1.82, 2.24) is 34.4 Å². The van der Waals surface area contributed by atoms with E-state index in [9.17, 15) is 13.6 Å². The molecule has 0 unspecified atom stereocenters. The lowest BCUT2D eigenvalue weighted by atomic mass is 10.1. The molecule has 1 atom stereocenters. The summed E-state index contributed by atoms with van der Waals surface area (Å²) in [5.41, 5.74) is 6.96. The molecule has 11 nitrogen and oxygen atoms in total. The summed E-state index contributed by atoms with van der Waals surface area (Å²) in [7, 11) is 4.24. The smallest absolute Gasteiger partial charge is 0.246 e. The van der Waals surface area contributed by atoms with E-state index in [-0.39, 0.29) is 35.0 Å². The molecule has 0 radical (unpaired) electrons. The van der Waals surface area contributed by atoms with E-state index in [1.165, 1.54) is 26.5 Å². The number of hydrogen-bond donors (Lipinski definition) is 1. The Kier molecular flexibility index (Phi) is 6.61. The van der Waals surface area contributed by atoms with Crippen LogP contribution in [-0.2, 0) is 11.8 Å². The largest absolute Gasteiger partial charge is 0.493 e. The Morgan fingerprint density at radius 1 is 1.18 bits per heavy atom. The van der Waals surface area contributed by atoms with Gasteiger partial charge in [-0.25, -0.2) is 18.7 Å². The number of hydrogen-bond acceptors (Lipinski definition) is 8. The topological polar surface area (TPSA) is 126 Å². The molecule has 0 aliphatic carbocycles. The molecule has 1 aromatic carbocycles. The van der Waals surface area contributed by atoms with Gasteiger partial charge in [0.2, 0.25) is 5.91 Å². The quantitative estimate of drug-likeness (QED) is 0.306. The minimum absolute atomic E-state index is 0.112. The van der Waals surface area contributed by atoms with E-state index in [1.807, 2.05) is 0 Å². The molecule has 2 N–H and O–H groups in total. The Hall–Kier alpha value is -4.99. The molecule has 4 heterocycles. The number of nitrogens with two attached hydrogens (primary N) is 1. The van der Waals surface area contributed by atoms with Crippen LogP contribution in [0.4, 0.5) is 14.6 Å². The van der Waals surface area contributed by atoms with Crippen molar-refractivity contribution < 1.29 is 23.0 Å². The van der Waals surface area contributed by atoms with Crippen LogP contribution in [0.15, 0.2) is 31.2 Å². The summed E-state index contributed by atoms with van der Waals surface area (Å²) in [6, 6.07) is 0.853. The second-order valence-electron chi connectivity index (χ2n) is 8.78. The number of halogens is 2. The number of aromatic nitrogens is 6. The van der Waals surface area contributed by atoms with Crippen LogP contribution >= 0.6 is 0 Å². The number of benzene rings is 1. The molecule has 3 aromatic heterocycles. The van der Waals surface area contributed by atoms with Crippen LogP contribution in [0.5, 0.6) is 11.5 Å². The van der Waals surface area contributed by atoms with Gasteiger partial charge < -0.3 is 20.1 Å². The van der Waals surface area contributed by atoms with E-state index < -0.39 is 17.2 Å². The Morgan fingerprint density at radius 3 is 2.51 bits per heavy atom. The van der Waals surface area contributed by atoms with E-state index in [2.05, 4.69) is 33.5 Å². The number of methoxy groups -OCH3 is 2. The molecule has 0 bridgehead atoms. The first-order valence-electron chi connectivity index (χ1n) is 11.8. The van der Waals surface area contributed by atoms with Crippen molar-refractivity contribution in [1.29, 1.82) is 0 Å². The van der Waals surface area contributed by atoms with Gasteiger partial charge in [0.1, 0.15) is 23.4 Å². The summed E-state index contributed by atoms with van der Waals surface area (Å²) in [6.45, 7) is 4.42. The highest BCUT2D eigenvalue weighted by Crippen LogP contribution is 2.36. The fraction of sp³-hybridized carbons (Fsp3) is 0.269. The van der Waals surface area contributed by atoms with Crippen LogP contribution in [-0.4, -0.2) is 67.6 Å². The number of fused-ring (bicyclic) bond motifs is 1. The first-order valence-corrected chi connectivity index (χ1v) is 11.8. The molecule has 0 saturated carbocycles. The second kappa shape index (κ2) is 10.1. The fourth-order valence-electron chi connectivity index (χ4n) is 4.56. The number of carbonyl (C=O) groups is 1. The number of nitrogen functional groups attached to an aromatic ring is 1. The average Bonchev–Trinajstić information content (AvgIpc) is 3.68. The standard InChI is InChI=1S/C26H24F2N8O3/c1-5-20(37)35-9-8-14(12-35)36-24-16(26-31-13-34(2)33-26)11-30-25(29)21(24)17(32-36)7-6-15-22(27)18(38-3)10-19(39-4)23(15)28/h5,10-11,13-14H,1,8-9,12H2,2-4H3,(H2,29,30)/t14-/m0/s1. The number of carbonyl (C=O) groups excluding carboxylic acids is 1. The first kappa shape index (κ1) is 25.7. The maximum atomic E-state index is 15.0. The number of anilines is 1. The average molecular weight is 535 g/mol. The summed E-state index contributed by atoms with van der Waals surface area (Å²) in [4.78, 5) is 22.5. The Morgan fingerprint density at radius 2 is 1.90 bits per heavy atom. The molecule has 1 fully saturated rings. The zero-order valence-electron chi connectivity index (χ0n) is 21.4. The zero-order chi connectivity index (χ0) is 27.8. The summed E-state index contributed by atoms with van der Waals surface area (Å²) in [5.74, 6) is 3.18. The highest BCUT2D eigenvalue weighted by Gasteiger charge is 2.31. The van der Waals surface area contributed by atoms with Gasteiger partial charge in [-0.1, -0.05) is 12.5 Å². The van der Waals surface area contributed by atoms with E-state index in [0.717, 1.165) is 6.07 Å². The summed E-state index contributed by atoms with van der Waals surface area (Å²) >= 11 is 0. The van der Waals surface area contributed by atoms with Gasteiger partial charge in [0.15, 0.2) is 29.0 Å². The van der Waals surface area contributed by atoms with Crippen molar-refractivity contribution in [2.24, 2.45) is 7.05 Å². The van der Waals surface area contributed by atoms with E-state index in [0.29, 0.717) is 41.8 Å². The lowest BCUT2D eigenvalue weighted by Crippen LogP contribution is -2.27. The predicted octanol–water partition coefficient (Wildman–Crippen LogP) is 2.46. The lowest BCUT2D eigenvalue weighted by molar-refractivity contribution is -0.125. The monoisotopic (exact) mass is 534 g/mol. The van der Waals surface area contributed by atoms with Crippen LogP contribution in [0.2, 0.25) is 0 Å². The minimum Gasteiger partial charge on any atom is -0.493 e. The zero-order valence-corrected chi connectivity index (χ0v) is 21.4. The molecule has 1 aliphatic rings. The highest BCUT2D eigenvalue weighted by molar-refractivity contribution is 6.01. The van der Waals surface area contributed by atoms with Crippen molar-refractivity contribution in [3.8, 4) is 34.7 Å². The molecule has 1 saturated heterocycles. The predicted molar refractivity (Wildman–Crippen MR) is 138 cm³/mol. The number of likely N-dealkylation sites (tertiary alicyclic amines) is 1.